The van der Waals surface area contributed by atoms with Gasteiger partial charge in [-0.2, -0.15) is 10.5 Å². The van der Waals surface area contributed by atoms with Gasteiger partial charge in [0.2, 0.25) is 0 Å². The number of benzene rings is 6. The molecule has 0 atom stereocenters. The molecule has 0 saturated carbocycles. The van der Waals surface area contributed by atoms with Crippen LogP contribution in [-0.2, 0) is 5.41 Å². The van der Waals surface area contributed by atoms with E-state index in [1.807, 2.05) is 53.8 Å². The van der Waals surface area contributed by atoms with Gasteiger partial charge in [0.25, 0.3) is 0 Å². The van der Waals surface area contributed by atoms with E-state index in [0.29, 0.717) is 11.1 Å². The van der Waals surface area contributed by atoms with Crippen molar-refractivity contribution in [3.63, 3.8) is 0 Å². The zero-order chi connectivity index (χ0) is 30.4. The van der Waals surface area contributed by atoms with Gasteiger partial charge in [0.1, 0.15) is 0 Å². The highest BCUT2D eigenvalue weighted by Crippen LogP contribution is 2.51. The third-order valence-corrected chi connectivity index (χ3v) is 10.8. The van der Waals surface area contributed by atoms with Crippen LogP contribution in [-0.4, -0.2) is 4.57 Å². The normalized spacial score (nSPS) is 13.2. The molecule has 0 bridgehead atoms. The molecule has 8 aromatic rings. The summed E-state index contributed by atoms with van der Waals surface area (Å²) in [6.45, 7) is 4.65. The van der Waals surface area contributed by atoms with E-state index in [4.69, 9.17) is 0 Å². The molecule has 2 heterocycles. The van der Waals surface area contributed by atoms with Crippen molar-refractivity contribution < 1.29 is 0 Å². The summed E-state index contributed by atoms with van der Waals surface area (Å²) in [5.74, 6) is 0. The number of nitriles is 2. The van der Waals surface area contributed by atoms with Crippen molar-refractivity contribution in [2.24, 2.45) is 0 Å². The summed E-state index contributed by atoms with van der Waals surface area (Å²) >= 11 is 1.82. The van der Waals surface area contributed by atoms with Crippen LogP contribution in [0.5, 0.6) is 0 Å². The Labute approximate surface area is 264 Å². The summed E-state index contributed by atoms with van der Waals surface area (Å²) in [5, 5.41) is 24.6. The van der Waals surface area contributed by atoms with Crippen LogP contribution in [0.3, 0.4) is 0 Å². The van der Waals surface area contributed by atoms with Crippen LogP contribution in [0.4, 0.5) is 0 Å². The number of nitrogens with zero attached hydrogens (tertiary/aromatic N) is 3. The Bertz CT molecular complexity index is 2650. The molecule has 0 spiro atoms. The molecule has 0 fully saturated rings. The average Bonchev–Trinajstić information content (AvgIpc) is 3.68. The third-order valence-electron chi connectivity index (χ3n) is 9.67. The Balaban J connectivity index is 1.29. The lowest BCUT2D eigenvalue weighted by atomic mass is 9.82. The summed E-state index contributed by atoms with van der Waals surface area (Å²) in [5.41, 5.74) is 11.6. The summed E-state index contributed by atoms with van der Waals surface area (Å²) in [6.07, 6.45) is 0. The fourth-order valence-corrected chi connectivity index (χ4v) is 8.72. The molecule has 9 rings (SSSR count). The van der Waals surface area contributed by atoms with E-state index >= 15 is 0 Å². The molecule has 0 saturated heterocycles. The lowest BCUT2D eigenvalue weighted by Crippen LogP contribution is -2.14. The highest BCUT2D eigenvalue weighted by Gasteiger charge is 2.35. The van der Waals surface area contributed by atoms with Crippen LogP contribution in [0.25, 0.3) is 69.9 Å². The van der Waals surface area contributed by atoms with Gasteiger partial charge in [-0.1, -0.05) is 74.5 Å². The molecule has 3 nitrogen and oxygen atoms in total. The van der Waals surface area contributed by atoms with Gasteiger partial charge in [-0.3, -0.25) is 0 Å². The molecule has 2 aromatic heterocycles. The van der Waals surface area contributed by atoms with Crippen LogP contribution >= 0.6 is 11.3 Å². The van der Waals surface area contributed by atoms with E-state index in [1.54, 1.807) is 0 Å². The van der Waals surface area contributed by atoms with Crippen molar-refractivity contribution >= 4 is 53.3 Å². The molecule has 0 aliphatic heterocycles. The van der Waals surface area contributed by atoms with Gasteiger partial charge in [0.05, 0.1) is 40.0 Å². The second kappa shape index (κ2) is 9.16. The summed E-state index contributed by atoms with van der Waals surface area (Å²) in [4.78, 5) is 0. The SMILES string of the molecule is CC1(C)c2ccccc2-c2cc3c(cc21)sc1cc(-c2c(C#N)cccc2-n2c4ccccc4c4cc(C#N)ccc42)ccc13. The van der Waals surface area contributed by atoms with Crippen LogP contribution < -0.4 is 0 Å². The van der Waals surface area contributed by atoms with Gasteiger partial charge in [-0.25, -0.2) is 0 Å². The second-order valence-electron chi connectivity index (χ2n) is 12.4. The molecular formula is C41H25N3S. The summed E-state index contributed by atoms with van der Waals surface area (Å²) in [6, 6.07) is 45.1. The maximum absolute atomic E-state index is 10.4. The van der Waals surface area contributed by atoms with Gasteiger partial charge in [0.15, 0.2) is 0 Å². The number of fused-ring (bicyclic) bond motifs is 9. The number of thiophene rings is 1. The van der Waals surface area contributed by atoms with E-state index in [1.165, 1.54) is 42.4 Å². The lowest BCUT2D eigenvalue weighted by molar-refractivity contribution is 0.661. The first-order valence-corrected chi connectivity index (χ1v) is 15.9. The number of hydrogen-bond acceptors (Lipinski definition) is 3. The minimum absolute atomic E-state index is 0.0433. The number of para-hydroxylation sites is 1. The Morgan fingerprint density at radius 2 is 1.40 bits per heavy atom. The Hall–Kier alpha value is -5.68. The molecule has 0 radical (unpaired) electrons. The Morgan fingerprint density at radius 1 is 0.600 bits per heavy atom. The highest BCUT2D eigenvalue weighted by molar-refractivity contribution is 7.25. The maximum atomic E-state index is 10.4. The number of rotatable bonds is 2. The standard InChI is InChI=1S/C41H25N3S/c1-41(2)33-11-5-3-9-27(33)30-20-32-29-16-15-25(19-38(29)45-39(32)21-34(30)41)40-26(23-43)8-7-13-37(40)44-35-12-6-4-10-28(35)31-18-24(22-42)14-17-36(31)44/h3-21H,1-2H3. The quantitative estimate of drug-likeness (QED) is 0.201. The van der Waals surface area contributed by atoms with Crippen LogP contribution in [0.2, 0.25) is 0 Å². The van der Waals surface area contributed by atoms with E-state index in [9.17, 15) is 10.5 Å². The smallest absolute Gasteiger partial charge is 0.0998 e. The van der Waals surface area contributed by atoms with Crippen LogP contribution in [0.15, 0.2) is 115 Å². The molecular weight excluding hydrogens is 567 g/mol. The predicted octanol–water partition coefficient (Wildman–Crippen LogP) is 10.9. The Morgan fingerprint density at radius 3 is 2.27 bits per heavy atom. The predicted molar refractivity (Wildman–Crippen MR) is 186 cm³/mol. The first-order valence-electron chi connectivity index (χ1n) is 15.1. The molecule has 0 unspecified atom stereocenters. The van der Waals surface area contributed by atoms with E-state index in [-0.39, 0.29) is 5.41 Å². The second-order valence-corrected chi connectivity index (χ2v) is 13.5. The fraction of sp³-hybridized carbons (Fsp3) is 0.0732. The molecule has 1 aliphatic rings. The summed E-state index contributed by atoms with van der Waals surface area (Å²) < 4.78 is 4.73. The van der Waals surface area contributed by atoms with Crippen molar-refractivity contribution in [1.82, 2.24) is 4.57 Å². The first-order chi connectivity index (χ1) is 22.0. The highest BCUT2D eigenvalue weighted by atomic mass is 32.1. The van der Waals surface area contributed by atoms with Crippen molar-refractivity contribution in [3.8, 4) is 40.1 Å². The minimum atomic E-state index is -0.0433. The number of hydrogen-bond donors (Lipinski definition) is 0. The molecule has 4 heteroatoms. The molecule has 6 aromatic carbocycles. The van der Waals surface area contributed by atoms with E-state index in [0.717, 1.165) is 38.6 Å². The first kappa shape index (κ1) is 25.8. The van der Waals surface area contributed by atoms with Crippen LogP contribution in [0.1, 0.15) is 36.1 Å². The van der Waals surface area contributed by atoms with Crippen molar-refractivity contribution in [1.29, 1.82) is 10.5 Å². The van der Waals surface area contributed by atoms with Crippen LogP contribution in [0, 0.1) is 22.7 Å². The maximum Gasteiger partial charge on any atom is 0.0998 e. The van der Waals surface area contributed by atoms with Crippen molar-refractivity contribution in [3.05, 3.63) is 138 Å². The van der Waals surface area contributed by atoms with Crippen molar-refractivity contribution in [2.45, 2.75) is 19.3 Å². The topological polar surface area (TPSA) is 52.5 Å². The third kappa shape index (κ3) is 3.49. The van der Waals surface area contributed by atoms with E-state index in [2.05, 4.69) is 103 Å². The van der Waals surface area contributed by atoms with Gasteiger partial charge in [0, 0.05) is 41.9 Å². The molecule has 45 heavy (non-hydrogen) atoms. The number of aromatic nitrogens is 1. The fourth-order valence-electron chi connectivity index (χ4n) is 7.55. The van der Waals surface area contributed by atoms with Gasteiger partial charge in [-0.05, 0) is 82.4 Å². The van der Waals surface area contributed by atoms with Gasteiger partial charge < -0.3 is 4.57 Å². The largest absolute Gasteiger partial charge is 0.309 e. The van der Waals surface area contributed by atoms with Gasteiger partial charge >= 0.3 is 0 Å². The monoisotopic (exact) mass is 591 g/mol. The minimum Gasteiger partial charge on any atom is -0.309 e. The van der Waals surface area contributed by atoms with Gasteiger partial charge in [-0.15, -0.1) is 11.3 Å². The molecule has 1 aliphatic carbocycles. The zero-order valence-electron chi connectivity index (χ0n) is 24.7. The zero-order valence-corrected chi connectivity index (χ0v) is 25.5. The average molecular weight is 592 g/mol. The molecule has 0 amide bonds. The lowest BCUT2D eigenvalue weighted by Gasteiger charge is -2.21. The molecule has 210 valence electrons. The Kier molecular flexibility index (Phi) is 5.25. The van der Waals surface area contributed by atoms with E-state index < -0.39 is 0 Å². The molecule has 0 N–H and O–H groups in total. The summed E-state index contributed by atoms with van der Waals surface area (Å²) in [7, 11) is 0. The van der Waals surface area contributed by atoms with Crippen molar-refractivity contribution in [2.75, 3.05) is 0 Å².